The molecule has 22 heavy (non-hydrogen) atoms. The van der Waals surface area contributed by atoms with Gasteiger partial charge in [-0.25, -0.2) is 4.79 Å². The molecule has 0 unspecified atom stereocenters. The third-order valence-corrected chi connectivity index (χ3v) is 4.27. The Morgan fingerprint density at radius 1 is 1.27 bits per heavy atom. The summed E-state index contributed by atoms with van der Waals surface area (Å²) in [6.07, 6.45) is 1.82. The van der Waals surface area contributed by atoms with Crippen molar-refractivity contribution >= 4 is 17.7 Å². The van der Waals surface area contributed by atoms with E-state index in [1.165, 1.54) is 12.0 Å². The maximum Gasteiger partial charge on any atom is 0.354 e. The fourth-order valence-corrected chi connectivity index (χ4v) is 2.79. The average Bonchev–Trinajstić information content (AvgIpc) is 3.27. The van der Waals surface area contributed by atoms with Crippen LogP contribution in [0.2, 0.25) is 0 Å². The second kappa shape index (κ2) is 5.94. The molecule has 120 valence electrons. The van der Waals surface area contributed by atoms with Gasteiger partial charge >= 0.3 is 5.97 Å². The molecule has 1 aliphatic carbocycles. The summed E-state index contributed by atoms with van der Waals surface area (Å²) in [7, 11) is 4.69. The Balaban J connectivity index is 2.26. The van der Waals surface area contributed by atoms with Crippen LogP contribution in [0.3, 0.4) is 0 Å². The lowest BCUT2D eigenvalue weighted by Gasteiger charge is -2.16. The van der Waals surface area contributed by atoms with Crippen LogP contribution >= 0.6 is 0 Å². The first-order valence-electron chi connectivity index (χ1n) is 7.31. The van der Waals surface area contributed by atoms with Gasteiger partial charge in [-0.2, -0.15) is 0 Å². The molecule has 0 radical (unpaired) electrons. The number of nitrogens with zero attached hydrogens (tertiary/aromatic N) is 2. The largest absolute Gasteiger partial charge is 0.464 e. The van der Waals surface area contributed by atoms with E-state index in [1.54, 1.807) is 32.5 Å². The van der Waals surface area contributed by atoms with Gasteiger partial charge in [0, 0.05) is 31.3 Å². The third-order valence-electron chi connectivity index (χ3n) is 4.27. The van der Waals surface area contributed by atoms with E-state index in [2.05, 4.69) is 0 Å². The van der Waals surface area contributed by atoms with Gasteiger partial charge in [-0.3, -0.25) is 9.59 Å². The number of likely N-dealkylation sites (N-methyl/N-ethyl adjacent to an activating group) is 1. The molecule has 1 amide bonds. The Hall–Kier alpha value is -2.11. The molecule has 2 rings (SSSR count). The molecule has 1 saturated carbocycles. The second-order valence-corrected chi connectivity index (χ2v) is 5.88. The van der Waals surface area contributed by atoms with Gasteiger partial charge in [0.25, 0.3) is 0 Å². The normalized spacial score (nSPS) is 13.9. The van der Waals surface area contributed by atoms with Crippen LogP contribution in [0, 0.1) is 19.8 Å². The number of rotatable bonds is 5. The quantitative estimate of drug-likeness (QED) is 0.610. The summed E-state index contributed by atoms with van der Waals surface area (Å²) in [6.45, 7) is 3.55. The topological polar surface area (TPSA) is 68.6 Å². The highest BCUT2D eigenvalue weighted by atomic mass is 16.5. The molecule has 1 fully saturated rings. The van der Waals surface area contributed by atoms with Gasteiger partial charge in [0.15, 0.2) is 5.78 Å². The van der Waals surface area contributed by atoms with Crippen molar-refractivity contribution < 1.29 is 19.1 Å². The van der Waals surface area contributed by atoms with Gasteiger partial charge in [-0.05, 0) is 32.3 Å². The van der Waals surface area contributed by atoms with Gasteiger partial charge in [0.05, 0.1) is 13.7 Å². The maximum atomic E-state index is 12.6. The molecule has 6 nitrogen and oxygen atoms in total. The standard InChI is InChI=1S/C16H22N2O4/c1-9-13(10(2)18(4)14(9)16(21)22-5)12(19)8-17(3)15(20)11-6-7-11/h11H,6-8H2,1-5H3. The second-order valence-electron chi connectivity index (χ2n) is 5.88. The minimum Gasteiger partial charge on any atom is -0.464 e. The third kappa shape index (κ3) is 2.77. The zero-order chi connectivity index (χ0) is 16.6. The van der Waals surface area contributed by atoms with Crippen molar-refractivity contribution in [2.75, 3.05) is 20.7 Å². The SMILES string of the molecule is COC(=O)c1c(C)c(C(=O)CN(C)C(=O)C2CC2)c(C)n1C. The lowest BCUT2D eigenvalue weighted by atomic mass is 10.1. The van der Waals surface area contributed by atoms with Crippen LogP contribution in [0.5, 0.6) is 0 Å². The lowest BCUT2D eigenvalue weighted by Crippen LogP contribution is -2.33. The summed E-state index contributed by atoms with van der Waals surface area (Å²) in [6, 6.07) is 0. The van der Waals surface area contributed by atoms with Crippen molar-refractivity contribution in [3.8, 4) is 0 Å². The number of amides is 1. The fraction of sp³-hybridized carbons (Fsp3) is 0.562. The summed E-state index contributed by atoms with van der Waals surface area (Å²) >= 11 is 0. The van der Waals surface area contributed by atoms with Gasteiger partial charge < -0.3 is 14.2 Å². The molecular weight excluding hydrogens is 284 g/mol. The molecule has 0 bridgehead atoms. The summed E-state index contributed by atoms with van der Waals surface area (Å²) in [5.41, 5.74) is 2.18. The Labute approximate surface area is 130 Å². The van der Waals surface area contributed by atoms with E-state index in [-0.39, 0.29) is 24.2 Å². The molecule has 0 aliphatic heterocycles. The summed E-state index contributed by atoms with van der Waals surface area (Å²) < 4.78 is 6.43. The first-order valence-corrected chi connectivity index (χ1v) is 7.31. The van der Waals surface area contributed by atoms with E-state index in [9.17, 15) is 14.4 Å². The van der Waals surface area contributed by atoms with Crippen LogP contribution in [0.1, 0.15) is 44.9 Å². The lowest BCUT2D eigenvalue weighted by molar-refractivity contribution is -0.130. The number of Topliss-reactive ketones (excluding diaryl/α,β-unsaturated/α-hetero) is 1. The molecule has 6 heteroatoms. The Morgan fingerprint density at radius 3 is 2.36 bits per heavy atom. The van der Waals surface area contributed by atoms with Gasteiger partial charge in [0.1, 0.15) is 5.69 Å². The highest BCUT2D eigenvalue weighted by Crippen LogP contribution is 2.31. The van der Waals surface area contributed by atoms with Crippen molar-refractivity contribution in [1.82, 2.24) is 9.47 Å². The highest BCUT2D eigenvalue weighted by molar-refractivity contribution is 6.04. The van der Waals surface area contributed by atoms with Crippen LogP contribution in [0.4, 0.5) is 0 Å². The molecule has 0 spiro atoms. The zero-order valence-corrected chi connectivity index (χ0v) is 13.7. The number of ketones is 1. The van der Waals surface area contributed by atoms with Crippen LogP contribution in [-0.4, -0.2) is 47.8 Å². The number of carbonyl (C=O) groups excluding carboxylic acids is 3. The Bertz CT molecular complexity index is 641. The smallest absolute Gasteiger partial charge is 0.354 e. The molecular formula is C16H22N2O4. The van der Waals surface area contributed by atoms with Crippen LogP contribution in [0.15, 0.2) is 0 Å². The Kier molecular flexibility index (Phi) is 4.39. The number of esters is 1. The number of hydrogen-bond donors (Lipinski definition) is 0. The van der Waals surface area contributed by atoms with Crippen LogP contribution in [-0.2, 0) is 16.6 Å². The predicted molar refractivity (Wildman–Crippen MR) is 80.9 cm³/mol. The summed E-state index contributed by atoms with van der Waals surface area (Å²) in [4.78, 5) is 37.9. The fourth-order valence-electron chi connectivity index (χ4n) is 2.79. The molecule has 0 aromatic carbocycles. The molecule has 0 N–H and O–H groups in total. The molecule has 1 aliphatic rings. The monoisotopic (exact) mass is 306 g/mol. The minimum atomic E-state index is -0.468. The molecule has 1 aromatic rings. The first-order chi connectivity index (χ1) is 10.3. The molecule has 1 heterocycles. The first kappa shape index (κ1) is 16.3. The molecule has 0 saturated heterocycles. The number of carbonyl (C=O) groups is 3. The molecule has 1 aromatic heterocycles. The summed E-state index contributed by atoms with van der Waals surface area (Å²) in [5, 5.41) is 0. The van der Waals surface area contributed by atoms with E-state index >= 15 is 0 Å². The van der Waals surface area contributed by atoms with Gasteiger partial charge in [-0.15, -0.1) is 0 Å². The predicted octanol–water partition coefficient (Wildman–Crippen LogP) is 1.48. The maximum absolute atomic E-state index is 12.6. The molecule has 0 atom stereocenters. The van der Waals surface area contributed by atoms with Crippen LogP contribution in [0.25, 0.3) is 0 Å². The summed E-state index contributed by atoms with van der Waals surface area (Å²) in [5.74, 6) is -0.518. The number of ether oxygens (including phenoxy) is 1. The number of methoxy groups -OCH3 is 1. The highest BCUT2D eigenvalue weighted by Gasteiger charge is 2.33. The minimum absolute atomic E-state index is 0.0211. The van der Waals surface area contributed by atoms with Crippen molar-refractivity contribution in [3.05, 3.63) is 22.5 Å². The van der Waals surface area contributed by atoms with Crippen molar-refractivity contribution in [2.45, 2.75) is 26.7 Å². The van der Waals surface area contributed by atoms with Crippen molar-refractivity contribution in [3.63, 3.8) is 0 Å². The van der Waals surface area contributed by atoms with Crippen LogP contribution < -0.4 is 0 Å². The van der Waals surface area contributed by atoms with E-state index in [1.807, 2.05) is 0 Å². The van der Waals surface area contributed by atoms with E-state index in [4.69, 9.17) is 4.74 Å². The average molecular weight is 306 g/mol. The number of hydrogen-bond acceptors (Lipinski definition) is 4. The van der Waals surface area contributed by atoms with Gasteiger partial charge in [-0.1, -0.05) is 0 Å². The van der Waals surface area contributed by atoms with Gasteiger partial charge in [0.2, 0.25) is 5.91 Å². The Morgan fingerprint density at radius 2 is 1.86 bits per heavy atom. The zero-order valence-electron chi connectivity index (χ0n) is 13.7. The van der Waals surface area contributed by atoms with Crippen molar-refractivity contribution in [1.29, 1.82) is 0 Å². The number of aromatic nitrogens is 1. The van der Waals surface area contributed by atoms with E-state index in [0.717, 1.165) is 12.8 Å². The van der Waals surface area contributed by atoms with E-state index < -0.39 is 5.97 Å². The van der Waals surface area contributed by atoms with E-state index in [0.29, 0.717) is 22.5 Å². The van der Waals surface area contributed by atoms with Crippen molar-refractivity contribution in [2.24, 2.45) is 13.0 Å².